The molecule has 0 aliphatic heterocycles. The van der Waals surface area contributed by atoms with Crippen molar-refractivity contribution < 1.29 is 17.3 Å². The largest absolute Gasteiger partial charge is 0.434 e. The van der Waals surface area contributed by atoms with Crippen molar-refractivity contribution in [3.05, 3.63) is 70.9 Å². The first-order chi connectivity index (χ1) is 13.4. The van der Waals surface area contributed by atoms with E-state index in [-0.39, 0.29) is 21.7 Å². The normalized spacial score (nSPS) is 13.9. The van der Waals surface area contributed by atoms with Gasteiger partial charge in [-0.05, 0) is 48.9 Å². The molecule has 2 aromatic carbocycles. The number of nitrogens with zero attached hydrogens (tertiary/aromatic N) is 2. The molecule has 0 amide bonds. The number of rotatable bonds is 6. The zero-order valence-electron chi connectivity index (χ0n) is 15.0. The summed E-state index contributed by atoms with van der Waals surface area (Å²) in [7, 11) is -4.08. The Morgan fingerprint density at radius 3 is 2.50 bits per heavy atom. The van der Waals surface area contributed by atoms with Crippen LogP contribution < -0.4 is 8.92 Å². The zero-order chi connectivity index (χ0) is 19.7. The third kappa shape index (κ3) is 3.95. The van der Waals surface area contributed by atoms with Crippen molar-refractivity contribution in [1.82, 2.24) is 10.2 Å². The van der Waals surface area contributed by atoms with E-state index in [4.69, 9.17) is 20.5 Å². The van der Waals surface area contributed by atoms with Crippen molar-refractivity contribution in [2.75, 3.05) is 0 Å². The first-order valence-corrected chi connectivity index (χ1v) is 10.5. The van der Waals surface area contributed by atoms with Crippen molar-refractivity contribution >= 4 is 21.7 Å². The molecule has 0 unspecified atom stereocenters. The Kier molecular flexibility index (Phi) is 4.95. The molecule has 1 aliphatic carbocycles. The van der Waals surface area contributed by atoms with Crippen molar-refractivity contribution in [1.29, 1.82) is 0 Å². The molecule has 0 radical (unpaired) electrons. The first-order valence-electron chi connectivity index (χ1n) is 8.74. The second-order valence-electron chi connectivity index (χ2n) is 6.56. The summed E-state index contributed by atoms with van der Waals surface area (Å²) < 4.78 is 36.5. The van der Waals surface area contributed by atoms with Crippen LogP contribution in [0.3, 0.4) is 0 Å². The molecule has 1 heterocycles. The number of benzene rings is 2. The van der Waals surface area contributed by atoms with Gasteiger partial charge < -0.3 is 8.92 Å². The van der Waals surface area contributed by atoms with Crippen LogP contribution in [0.15, 0.2) is 59.5 Å². The van der Waals surface area contributed by atoms with Crippen molar-refractivity contribution in [3.8, 4) is 17.4 Å². The van der Waals surface area contributed by atoms with E-state index >= 15 is 0 Å². The fourth-order valence-corrected chi connectivity index (χ4v) is 3.93. The second-order valence-corrected chi connectivity index (χ2v) is 8.49. The molecule has 1 saturated carbocycles. The molecule has 8 heteroatoms. The van der Waals surface area contributed by atoms with Crippen molar-refractivity contribution in [3.63, 3.8) is 0 Å². The summed E-state index contributed by atoms with van der Waals surface area (Å²) >= 11 is 5.91. The SMILES string of the molecule is Cc1cccc(C2CC2)c1Oc1nnc(Cl)cc1OS(=O)(=O)c1ccccc1. The smallest absolute Gasteiger partial charge is 0.339 e. The minimum Gasteiger partial charge on any atom is -0.434 e. The Hall–Kier alpha value is -2.64. The third-order valence-corrected chi connectivity index (χ3v) is 5.82. The minimum absolute atomic E-state index is 0.00203. The lowest BCUT2D eigenvalue weighted by Crippen LogP contribution is -2.11. The average molecular weight is 417 g/mol. The number of para-hydroxylation sites is 1. The van der Waals surface area contributed by atoms with Crippen LogP contribution in [0.1, 0.15) is 29.9 Å². The number of aryl methyl sites for hydroxylation is 1. The van der Waals surface area contributed by atoms with Gasteiger partial charge in [-0.25, -0.2) is 0 Å². The quantitative estimate of drug-likeness (QED) is 0.533. The van der Waals surface area contributed by atoms with Gasteiger partial charge >= 0.3 is 10.1 Å². The number of aromatic nitrogens is 2. The summed E-state index contributed by atoms with van der Waals surface area (Å²) in [5, 5.41) is 7.69. The molecule has 0 bridgehead atoms. The molecular weight excluding hydrogens is 400 g/mol. The van der Waals surface area contributed by atoms with Crippen LogP contribution in [-0.2, 0) is 10.1 Å². The van der Waals surface area contributed by atoms with Crippen LogP contribution in [0.5, 0.6) is 17.4 Å². The van der Waals surface area contributed by atoms with Gasteiger partial charge in [-0.2, -0.15) is 8.42 Å². The van der Waals surface area contributed by atoms with Crippen molar-refractivity contribution in [2.24, 2.45) is 0 Å². The fourth-order valence-electron chi connectivity index (χ4n) is 2.85. The van der Waals surface area contributed by atoms with Gasteiger partial charge in [0, 0.05) is 6.07 Å². The summed E-state index contributed by atoms with van der Waals surface area (Å²) in [6, 6.07) is 15.0. The zero-order valence-corrected chi connectivity index (χ0v) is 16.6. The highest BCUT2D eigenvalue weighted by Gasteiger charge is 2.29. The summed E-state index contributed by atoms with van der Waals surface area (Å²) in [6.45, 7) is 1.92. The molecule has 0 saturated heterocycles. The third-order valence-electron chi connectivity index (χ3n) is 4.39. The fraction of sp³-hybridized carbons (Fsp3) is 0.200. The monoisotopic (exact) mass is 416 g/mol. The van der Waals surface area contributed by atoms with E-state index in [1.165, 1.54) is 18.2 Å². The predicted molar refractivity (Wildman–Crippen MR) is 105 cm³/mol. The number of hydrogen-bond donors (Lipinski definition) is 0. The van der Waals surface area contributed by atoms with Crippen LogP contribution >= 0.6 is 11.6 Å². The molecule has 3 aromatic rings. The Balaban J connectivity index is 1.71. The molecule has 1 aromatic heterocycles. The summed E-state index contributed by atoms with van der Waals surface area (Å²) in [4.78, 5) is 0.0171. The van der Waals surface area contributed by atoms with Gasteiger partial charge in [0.1, 0.15) is 10.6 Å². The Labute approximate surface area is 168 Å². The van der Waals surface area contributed by atoms with E-state index in [0.29, 0.717) is 11.7 Å². The van der Waals surface area contributed by atoms with Gasteiger partial charge in [-0.3, -0.25) is 0 Å². The highest BCUT2D eigenvalue weighted by molar-refractivity contribution is 7.87. The number of hydrogen-bond acceptors (Lipinski definition) is 6. The summed E-state index contributed by atoms with van der Waals surface area (Å²) in [5.41, 5.74) is 1.98. The highest BCUT2D eigenvalue weighted by atomic mass is 35.5. The van der Waals surface area contributed by atoms with Gasteiger partial charge in [0.05, 0.1) is 0 Å². The Morgan fingerprint density at radius 1 is 1.04 bits per heavy atom. The average Bonchev–Trinajstić information content (AvgIpc) is 3.51. The molecule has 4 rings (SSSR count). The molecule has 1 aliphatic rings. The molecule has 1 fully saturated rings. The lowest BCUT2D eigenvalue weighted by atomic mass is 10.1. The first kappa shape index (κ1) is 18.7. The predicted octanol–water partition coefficient (Wildman–Crippen LogP) is 4.88. The van der Waals surface area contributed by atoms with Crippen molar-refractivity contribution in [2.45, 2.75) is 30.6 Å². The van der Waals surface area contributed by atoms with Crippen LogP contribution in [0.25, 0.3) is 0 Å². The number of ether oxygens (including phenoxy) is 1. The van der Waals surface area contributed by atoms with E-state index in [9.17, 15) is 8.42 Å². The standard InChI is InChI=1S/C20H17ClN2O4S/c1-13-6-5-9-16(14-10-11-14)19(13)26-20-17(12-18(21)22-23-20)27-28(24,25)15-7-3-2-4-8-15/h2-9,12,14H,10-11H2,1H3. The molecule has 0 N–H and O–H groups in total. The maximum absolute atomic E-state index is 12.6. The lowest BCUT2D eigenvalue weighted by molar-refractivity contribution is 0.410. The van der Waals surface area contributed by atoms with Gasteiger partial charge in [0.15, 0.2) is 5.15 Å². The molecule has 6 nitrogen and oxygen atoms in total. The topological polar surface area (TPSA) is 78.4 Å². The molecule has 0 spiro atoms. The Bertz CT molecular complexity index is 1120. The van der Waals surface area contributed by atoms with Crippen LogP contribution in [0.2, 0.25) is 5.15 Å². The maximum Gasteiger partial charge on any atom is 0.339 e. The van der Waals surface area contributed by atoms with Gasteiger partial charge in [0.25, 0.3) is 5.88 Å². The van der Waals surface area contributed by atoms with Crippen LogP contribution in [0, 0.1) is 6.92 Å². The molecule has 28 heavy (non-hydrogen) atoms. The maximum atomic E-state index is 12.6. The Morgan fingerprint density at radius 2 is 1.79 bits per heavy atom. The van der Waals surface area contributed by atoms with Crippen LogP contribution in [0.4, 0.5) is 0 Å². The van der Waals surface area contributed by atoms with Gasteiger partial charge in [0.2, 0.25) is 5.75 Å². The van der Waals surface area contributed by atoms with E-state index < -0.39 is 10.1 Å². The minimum atomic E-state index is -4.08. The van der Waals surface area contributed by atoms with E-state index in [1.807, 2.05) is 25.1 Å². The van der Waals surface area contributed by atoms with Crippen LogP contribution in [-0.4, -0.2) is 18.6 Å². The summed E-state index contributed by atoms with van der Waals surface area (Å²) in [5.74, 6) is 0.908. The van der Waals surface area contributed by atoms with E-state index in [2.05, 4.69) is 10.2 Å². The summed E-state index contributed by atoms with van der Waals surface area (Å²) in [6.07, 6.45) is 2.19. The van der Waals surface area contributed by atoms with Gasteiger partial charge in [-0.1, -0.05) is 48.0 Å². The molecule has 0 atom stereocenters. The number of halogens is 1. The second kappa shape index (κ2) is 7.41. The van der Waals surface area contributed by atoms with E-state index in [1.54, 1.807) is 18.2 Å². The molecule has 144 valence electrons. The van der Waals surface area contributed by atoms with E-state index in [0.717, 1.165) is 24.0 Å². The molecular formula is C20H17ClN2O4S. The van der Waals surface area contributed by atoms with Gasteiger partial charge in [-0.15, -0.1) is 10.2 Å². The lowest BCUT2D eigenvalue weighted by Gasteiger charge is -2.15. The highest BCUT2D eigenvalue weighted by Crippen LogP contribution is 2.47.